The number of nitrogens with one attached hydrogen (secondary N) is 1. The Morgan fingerprint density at radius 3 is 2.08 bits per heavy atom. The first-order chi connectivity index (χ1) is 11.6. The van der Waals surface area contributed by atoms with Crippen LogP contribution in [0.4, 0.5) is 10.5 Å². The van der Waals surface area contributed by atoms with Crippen LogP contribution < -0.4 is 5.32 Å². The van der Waals surface area contributed by atoms with Crippen molar-refractivity contribution in [3.8, 4) is 11.1 Å². The predicted octanol–water partition coefficient (Wildman–Crippen LogP) is 3.68. The zero-order valence-electron chi connectivity index (χ0n) is 13.3. The first-order valence-corrected chi connectivity index (χ1v) is 8.08. The van der Waals surface area contributed by atoms with E-state index in [-0.39, 0.29) is 11.9 Å². The van der Waals surface area contributed by atoms with E-state index < -0.39 is 5.97 Å². The van der Waals surface area contributed by atoms with E-state index in [1.807, 2.05) is 54.6 Å². The summed E-state index contributed by atoms with van der Waals surface area (Å²) in [5, 5.41) is 11.9. The van der Waals surface area contributed by atoms with Crippen LogP contribution in [0, 0.1) is 5.92 Å². The highest BCUT2D eigenvalue weighted by molar-refractivity contribution is 5.89. The number of piperidine rings is 1. The quantitative estimate of drug-likeness (QED) is 0.905. The molecule has 0 spiro atoms. The van der Waals surface area contributed by atoms with Gasteiger partial charge in [0.05, 0.1) is 5.92 Å². The van der Waals surface area contributed by atoms with Crippen molar-refractivity contribution in [1.82, 2.24) is 4.90 Å². The van der Waals surface area contributed by atoms with E-state index in [2.05, 4.69) is 5.32 Å². The Hall–Kier alpha value is -2.82. The van der Waals surface area contributed by atoms with Gasteiger partial charge in [-0.2, -0.15) is 0 Å². The molecule has 0 unspecified atom stereocenters. The minimum atomic E-state index is -0.772. The highest BCUT2D eigenvalue weighted by Gasteiger charge is 2.26. The minimum Gasteiger partial charge on any atom is -0.481 e. The van der Waals surface area contributed by atoms with Crippen molar-refractivity contribution < 1.29 is 14.7 Å². The second-order valence-electron chi connectivity index (χ2n) is 5.97. The normalized spacial score (nSPS) is 15.1. The van der Waals surface area contributed by atoms with Gasteiger partial charge in [0.1, 0.15) is 0 Å². The van der Waals surface area contributed by atoms with Crippen LogP contribution in [0.1, 0.15) is 12.8 Å². The average molecular weight is 324 g/mol. The molecule has 0 atom stereocenters. The topological polar surface area (TPSA) is 69.6 Å². The Balaban J connectivity index is 1.58. The van der Waals surface area contributed by atoms with Gasteiger partial charge in [-0.1, -0.05) is 42.5 Å². The summed E-state index contributed by atoms with van der Waals surface area (Å²) in [6.07, 6.45) is 1.02. The predicted molar refractivity (Wildman–Crippen MR) is 92.8 cm³/mol. The summed E-state index contributed by atoms with van der Waals surface area (Å²) in [5.41, 5.74) is 2.96. The van der Waals surface area contributed by atoms with Crippen LogP contribution in [-0.2, 0) is 4.79 Å². The maximum absolute atomic E-state index is 12.3. The number of hydrogen-bond donors (Lipinski definition) is 2. The van der Waals surface area contributed by atoms with Gasteiger partial charge in [0.15, 0.2) is 0 Å². The van der Waals surface area contributed by atoms with Crippen molar-refractivity contribution in [2.45, 2.75) is 12.8 Å². The second-order valence-corrected chi connectivity index (χ2v) is 5.97. The molecule has 3 rings (SSSR count). The van der Waals surface area contributed by atoms with Crippen molar-refractivity contribution in [1.29, 1.82) is 0 Å². The number of hydrogen-bond acceptors (Lipinski definition) is 2. The third-order valence-electron chi connectivity index (χ3n) is 4.37. The molecule has 0 aromatic heterocycles. The first-order valence-electron chi connectivity index (χ1n) is 8.08. The lowest BCUT2D eigenvalue weighted by Gasteiger charge is -2.30. The van der Waals surface area contributed by atoms with Crippen LogP contribution in [0.5, 0.6) is 0 Å². The molecule has 24 heavy (non-hydrogen) atoms. The fraction of sp³-hybridized carbons (Fsp3) is 0.263. The number of carbonyl (C=O) groups is 2. The van der Waals surface area contributed by atoms with E-state index in [1.54, 1.807) is 4.90 Å². The summed E-state index contributed by atoms with van der Waals surface area (Å²) in [6.45, 7) is 0.954. The van der Waals surface area contributed by atoms with Crippen molar-refractivity contribution in [3.05, 3.63) is 54.6 Å². The Morgan fingerprint density at radius 1 is 0.917 bits per heavy atom. The van der Waals surface area contributed by atoms with Crippen LogP contribution >= 0.6 is 0 Å². The number of carboxylic acids is 1. The van der Waals surface area contributed by atoms with Crippen LogP contribution in [0.2, 0.25) is 0 Å². The molecular formula is C19H20N2O3. The van der Waals surface area contributed by atoms with Gasteiger partial charge in [0.2, 0.25) is 0 Å². The van der Waals surface area contributed by atoms with Gasteiger partial charge < -0.3 is 15.3 Å². The van der Waals surface area contributed by atoms with Crippen LogP contribution in [0.25, 0.3) is 11.1 Å². The van der Waals surface area contributed by atoms with E-state index in [1.165, 1.54) is 0 Å². The average Bonchev–Trinajstić information content (AvgIpc) is 2.63. The van der Waals surface area contributed by atoms with Crippen molar-refractivity contribution in [2.75, 3.05) is 18.4 Å². The number of carbonyl (C=O) groups excluding carboxylic acids is 1. The second kappa shape index (κ2) is 7.17. The molecule has 2 aromatic carbocycles. The minimum absolute atomic E-state index is 0.175. The van der Waals surface area contributed by atoms with E-state index >= 15 is 0 Å². The number of nitrogens with zero attached hydrogens (tertiary/aromatic N) is 1. The summed E-state index contributed by atoms with van der Waals surface area (Å²) in [7, 11) is 0. The lowest BCUT2D eigenvalue weighted by atomic mass is 9.97. The van der Waals surface area contributed by atoms with E-state index in [0.29, 0.717) is 25.9 Å². The SMILES string of the molecule is O=C(O)C1CCN(C(=O)Nc2ccc(-c3ccccc3)cc2)CC1. The molecule has 5 nitrogen and oxygen atoms in total. The highest BCUT2D eigenvalue weighted by Crippen LogP contribution is 2.22. The molecule has 1 aliphatic rings. The number of likely N-dealkylation sites (tertiary alicyclic amines) is 1. The monoisotopic (exact) mass is 324 g/mol. The van der Waals surface area contributed by atoms with Gasteiger partial charge in [-0.05, 0) is 36.1 Å². The molecule has 2 N–H and O–H groups in total. The maximum Gasteiger partial charge on any atom is 0.321 e. The highest BCUT2D eigenvalue weighted by atomic mass is 16.4. The number of carboxylic acid groups (broad SMARTS) is 1. The molecule has 1 saturated heterocycles. The third-order valence-corrected chi connectivity index (χ3v) is 4.37. The summed E-state index contributed by atoms with van der Waals surface area (Å²) < 4.78 is 0. The maximum atomic E-state index is 12.3. The Bertz CT molecular complexity index is 705. The number of anilines is 1. The zero-order valence-corrected chi connectivity index (χ0v) is 13.3. The summed E-state index contributed by atoms with van der Waals surface area (Å²) in [5.74, 6) is -1.11. The Labute approximate surface area is 140 Å². The molecule has 0 aliphatic carbocycles. The number of urea groups is 1. The summed E-state index contributed by atoms with van der Waals surface area (Å²) >= 11 is 0. The number of benzene rings is 2. The number of amides is 2. The summed E-state index contributed by atoms with van der Waals surface area (Å²) in [6, 6.07) is 17.6. The van der Waals surface area contributed by atoms with E-state index in [4.69, 9.17) is 5.11 Å². The van der Waals surface area contributed by atoms with Gasteiger partial charge in [0.25, 0.3) is 0 Å². The molecule has 2 amide bonds. The summed E-state index contributed by atoms with van der Waals surface area (Å²) in [4.78, 5) is 24.9. The molecule has 5 heteroatoms. The molecule has 1 fully saturated rings. The van der Waals surface area contributed by atoms with Crippen LogP contribution in [0.3, 0.4) is 0 Å². The molecule has 2 aromatic rings. The lowest BCUT2D eigenvalue weighted by molar-refractivity contribution is -0.143. The molecular weight excluding hydrogens is 304 g/mol. The van der Waals surface area contributed by atoms with Crippen LogP contribution in [-0.4, -0.2) is 35.1 Å². The third kappa shape index (κ3) is 3.74. The number of aliphatic carboxylic acids is 1. The van der Waals surface area contributed by atoms with E-state index in [0.717, 1.165) is 16.8 Å². The van der Waals surface area contributed by atoms with Gasteiger partial charge in [0, 0.05) is 18.8 Å². The molecule has 0 bridgehead atoms. The van der Waals surface area contributed by atoms with Gasteiger partial charge in [-0.25, -0.2) is 4.79 Å². The fourth-order valence-corrected chi connectivity index (χ4v) is 2.91. The van der Waals surface area contributed by atoms with Crippen molar-refractivity contribution >= 4 is 17.7 Å². The standard InChI is InChI=1S/C19H20N2O3/c22-18(23)16-10-12-21(13-11-16)19(24)20-17-8-6-15(7-9-17)14-4-2-1-3-5-14/h1-9,16H,10-13H2,(H,20,24)(H,22,23). The Morgan fingerprint density at radius 2 is 1.50 bits per heavy atom. The molecule has 1 heterocycles. The fourth-order valence-electron chi connectivity index (χ4n) is 2.91. The number of rotatable bonds is 3. The molecule has 1 aliphatic heterocycles. The molecule has 124 valence electrons. The first kappa shape index (κ1) is 16.1. The van der Waals surface area contributed by atoms with Crippen molar-refractivity contribution in [3.63, 3.8) is 0 Å². The van der Waals surface area contributed by atoms with E-state index in [9.17, 15) is 9.59 Å². The van der Waals surface area contributed by atoms with Gasteiger partial charge >= 0.3 is 12.0 Å². The van der Waals surface area contributed by atoms with Gasteiger partial charge in [-0.3, -0.25) is 4.79 Å². The van der Waals surface area contributed by atoms with Crippen molar-refractivity contribution in [2.24, 2.45) is 5.92 Å². The Kier molecular flexibility index (Phi) is 4.79. The molecule has 0 radical (unpaired) electrons. The lowest BCUT2D eigenvalue weighted by Crippen LogP contribution is -2.42. The zero-order chi connectivity index (χ0) is 16.9. The largest absolute Gasteiger partial charge is 0.481 e. The van der Waals surface area contributed by atoms with Crippen LogP contribution in [0.15, 0.2) is 54.6 Å². The molecule has 0 saturated carbocycles. The van der Waals surface area contributed by atoms with Gasteiger partial charge in [-0.15, -0.1) is 0 Å². The smallest absolute Gasteiger partial charge is 0.321 e.